The van der Waals surface area contributed by atoms with Gasteiger partial charge in [0, 0.05) is 5.69 Å². The first-order valence-electron chi connectivity index (χ1n) is 6.58. The smallest absolute Gasteiger partial charge is 0.275 e. The van der Waals surface area contributed by atoms with Gasteiger partial charge in [-0.05, 0) is 23.6 Å². The number of nitrogens with one attached hydrogen (secondary N) is 1. The number of nitrogens with zero attached hydrogens (tertiary/aromatic N) is 2. The van der Waals surface area contributed by atoms with Crippen molar-refractivity contribution < 1.29 is 13.9 Å². The highest BCUT2D eigenvalue weighted by molar-refractivity contribution is 6.31. The van der Waals surface area contributed by atoms with Crippen molar-refractivity contribution in [3.05, 3.63) is 46.6 Å². The minimum atomic E-state index is -0.473. The Hall–Kier alpha value is -2.21. The fraction of sp³-hybridized carbons (Fsp3) is 0.267. The van der Waals surface area contributed by atoms with Crippen molar-refractivity contribution in [1.82, 2.24) is 9.97 Å². The minimum absolute atomic E-state index is 0.0395. The molecule has 0 bridgehead atoms. The van der Waals surface area contributed by atoms with E-state index in [2.05, 4.69) is 15.3 Å². The van der Waals surface area contributed by atoms with Gasteiger partial charge in [-0.1, -0.05) is 25.4 Å². The summed E-state index contributed by atoms with van der Waals surface area (Å²) in [5.74, 6) is -0.690. The zero-order chi connectivity index (χ0) is 16.3. The molecule has 0 aliphatic carbocycles. The molecule has 2 aromatic rings. The number of carbonyl (C=O) groups is 1. The number of rotatable bonds is 4. The predicted octanol–water partition coefficient (Wildman–Crippen LogP) is 3.65. The first kappa shape index (κ1) is 16.2. The van der Waals surface area contributed by atoms with Crippen LogP contribution in [0.1, 0.15) is 35.8 Å². The Balaban J connectivity index is 2.24. The Bertz CT molecular complexity index is 690. The van der Waals surface area contributed by atoms with Gasteiger partial charge >= 0.3 is 0 Å². The van der Waals surface area contributed by atoms with Gasteiger partial charge in [-0.3, -0.25) is 4.79 Å². The van der Waals surface area contributed by atoms with Crippen LogP contribution in [0.4, 0.5) is 10.1 Å². The molecule has 1 aromatic carbocycles. The van der Waals surface area contributed by atoms with Gasteiger partial charge in [0.25, 0.3) is 5.91 Å². The number of aromatic nitrogens is 2. The zero-order valence-corrected chi connectivity index (χ0v) is 13.1. The van der Waals surface area contributed by atoms with Crippen LogP contribution >= 0.6 is 11.6 Å². The molecule has 0 spiro atoms. The van der Waals surface area contributed by atoms with Gasteiger partial charge in [-0.25, -0.2) is 14.4 Å². The molecule has 5 nitrogen and oxygen atoms in total. The van der Waals surface area contributed by atoms with E-state index in [0.29, 0.717) is 17.1 Å². The van der Waals surface area contributed by atoms with Crippen molar-refractivity contribution in [1.29, 1.82) is 0 Å². The molecule has 0 fully saturated rings. The molecule has 0 saturated heterocycles. The van der Waals surface area contributed by atoms with Crippen LogP contribution in [0.15, 0.2) is 24.5 Å². The maximum Gasteiger partial charge on any atom is 0.275 e. The van der Waals surface area contributed by atoms with Crippen LogP contribution in [0.5, 0.6) is 5.88 Å². The molecule has 1 amide bonds. The molecule has 0 aliphatic heterocycles. The molecule has 2 rings (SSSR count). The summed E-state index contributed by atoms with van der Waals surface area (Å²) in [6.07, 6.45) is 2.63. The van der Waals surface area contributed by atoms with Crippen LogP contribution in [-0.4, -0.2) is 23.0 Å². The molecule has 0 saturated carbocycles. The number of anilines is 1. The Morgan fingerprint density at radius 1 is 1.32 bits per heavy atom. The van der Waals surface area contributed by atoms with E-state index in [0.717, 1.165) is 0 Å². The lowest BCUT2D eigenvalue weighted by Crippen LogP contribution is -2.14. The van der Waals surface area contributed by atoms with E-state index in [1.54, 1.807) is 6.07 Å². The Kier molecular flexibility index (Phi) is 4.92. The highest BCUT2D eigenvalue weighted by Gasteiger charge is 2.15. The zero-order valence-electron chi connectivity index (χ0n) is 12.4. The average Bonchev–Trinajstić information content (AvgIpc) is 2.50. The molecule has 22 heavy (non-hydrogen) atoms. The van der Waals surface area contributed by atoms with Gasteiger partial charge in [0.05, 0.1) is 24.5 Å². The molecular formula is C15H15ClFN3O2. The molecule has 0 aliphatic rings. The quantitative estimate of drug-likeness (QED) is 0.932. The third-order valence-electron chi connectivity index (χ3n) is 3.01. The second kappa shape index (κ2) is 6.70. The fourth-order valence-electron chi connectivity index (χ4n) is 1.84. The number of amides is 1. The van der Waals surface area contributed by atoms with E-state index < -0.39 is 11.7 Å². The second-order valence-corrected chi connectivity index (χ2v) is 5.32. The monoisotopic (exact) mass is 323 g/mol. The number of carbonyl (C=O) groups excluding carboxylic acids is 1. The molecule has 0 unspecified atom stereocenters. The third kappa shape index (κ3) is 3.51. The van der Waals surface area contributed by atoms with Crippen molar-refractivity contribution >= 4 is 23.2 Å². The molecular weight excluding hydrogens is 309 g/mol. The van der Waals surface area contributed by atoms with Gasteiger partial charge in [0.1, 0.15) is 11.5 Å². The van der Waals surface area contributed by atoms with E-state index >= 15 is 0 Å². The number of halogens is 2. The van der Waals surface area contributed by atoms with Crippen LogP contribution in [-0.2, 0) is 0 Å². The van der Waals surface area contributed by atoms with Crippen molar-refractivity contribution in [3.63, 3.8) is 0 Å². The van der Waals surface area contributed by atoms with Crippen LogP contribution < -0.4 is 10.1 Å². The maximum absolute atomic E-state index is 13.9. The molecule has 0 atom stereocenters. The van der Waals surface area contributed by atoms with Gasteiger partial charge in [0.2, 0.25) is 5.88 Å². The van der Waals surface area contributed by atoms with E-state index in [-0.39, 0.29) is 16.6 Å². The molecule has 0 radical (unpaired) electrons. The van der Waals surface area contributed by atoms with Crippen molar-refractivity contribution in [2.45, 2.75) is 19.8 Å². The van der Waals surface area contributed by atoms with Crippen molar-refractivity contribution in [2.75, 3.05) is 12.4 Å². The van der Waals surface area contributed by atoms with Gasteiger partial charge < -0.3 is 10.1 Å². The third-order valence-corrected chi connectivity index (χ3v) is 3.28. The van der Waals surface area contributed by atoms with E-state index in [1.165, 1.54) is 25.6 Å². The lowest BCUT2D eigenvalue weighted by atomic mass is 10.0. The van der Waals surface area contributed by atoms with Gasteiger partial charge in [-0.15, -0.1) is 0 Å². The van der Waals surface area contributed by atoms with Crippen LogP contribution in [0.25, 0.3) is 0 Å². The number of hydrogen-bond donors (Lipinski definition) is 1. The minimum Gasteiger partial charge on any atom is -0.480 e. The molecule has 1 N–H and O–H groups in total. The summed E-state index contributed by atoms with van der Waals surface area (Å²) in [6, 6.07) is 2.92. The number of benzene rings is 1. The van der Waals surface area contributed by atoms with E-state index in [1.807, 2.05) is 13.8 Å². The number of ether oxygens (including phenoxy) is 1. The summed E-state index contributed by atoms with van der Waals surface area (Å²) >= 11 is 5.86. The predicted molar refractivity (Wildman–Crippen MR) is 82.0 cm³/mol. The lowest BCUT2D eigenvalue weighted by molar-refractivity contribution is 0.102. The second-order valence-electron chi connectivity index (χ2n) is 4.91. The van der Waals surface area contributed by atoms with Gasteiger partial charge in [-0.2, -0.15) is 0 Å². The molecule has 116 valence electrons. The first-order valence-corrected chi connectivity index (χ1v) is 6.96. The largest absolute Gasteiger partial charge is 0.480 e. The molecule has 1 heterocycles. The maximum atomic E-state index is 13.9. The van der Waals surface area contributed by atoms with E-state index in [9.17, 15) is 9.18 Å². The van der Waals surface area contributed by atoms with Crippen LogP contribution in [0.2, 0.25) is 5.02 Å². The average molecular weight is 324 g/mol. The highest BCUT2D eigenvalue weighted by Crippen LogP contribution is 2.29. The summed E-state index contributed by atoms with van der Waals surface area (Å²) in [4.78, 5) is 19.9. The standard InChI is InChI=1S/C15H15ClFN3O2/c1-8(2)10-4-9(5-11(16)14(10)17)20-15(21)12-6-19-13(22-3)7-18-12/h4-8H,1-3H3,(H,20,21). The van der Waals surface area contributed by atoms with Crippen LogP contribution in [0, 0.1) is 5.82 Å². The summed E-state index contributed by atoms with van der Waals surface area (Å²) in [5.41, 5.74) is 0.952. The summed E-state index contributed by atoms with van der Waals surface area (Å²) < 4.78 is 18.8. The fourth-order valence-corrected chi connectivity index (χ4v) is 2.06. The normalized spacial score (nSPS) is 10.6. The van der Waals surface area contributed by atoms with Crippen molar-refractivity contribution in [3.8, 4) is 5.88 Å². The Morgan fingerprint density at radius 3 is 2.59 bits per heavy atom. The molecule has 1 aromatic heterocycles. The summed E-state index contributed by atoms with van der Waals surface area (Å²) in [6.45, 7) is 3.69. The molecule has 7 heteroatoms. The Morgan fingerprint density at radius 2 is 2.05 bits per heavy atom. The summed E-state index contributed by atoms with van der Waals surface area (Å²) in [7, 11) is 1.46. The van der Waals surface area contributed by atoms with Crippen LogP contribution in [0.3, 0.4) is 0 Å². The van der Waals surface area contributed by atoms with E-state index in [4.69, 9.17) is 16.3 Å². The summed E-state index contributed by atoms with van der Waals surface area (Å²) in [5, 5.41) is 2.59. The lowest BCUT2D eigenvalue weighted by Gasteiger charge is -2.12. The SMILES string of the molecule is COc1cnc(C(=O)Nc2cc(Cl)c(F)c(C(C)C)c2)cn1. The van der Waals surface area contributed by atoms with Gasteiger partial charge in [0.15, 0.2) is 0 Å². The highest BCUT2D eigenvalue weighted by atomic mass is 35.5. The number of methoxy groups -OCH3 is 1. The number of hydrogen-bond acceptors (Lipinski definition) is 4. The first-order chi connectivity index (χ1) is 10.4. The Labute approximate surface area is 132 Å². The van der Waals surface area contributed by atoms with Crippen molar-refractivity contribution in [2.24, 2.45) is 0 Å². The topological polar surface area (TPSA) is 64.1 Å².